The van der Waals surface area contributed by atoms with Crippen LogP contribution in [0.1, 0.15) is 24.9 Å². The molecule has 0 aliphatic heterocycles. The predicted molar refractivity (Wildman–Crippen MR) is 121 cm³/mol. The molecule has 1 atom stereocenters. The highest BCUT2D eigenvalue weighted by atomic mass is 35.5. The van der Waals surface area contributed by atoms with Gasteiger partial charge in [-0.05, 0) is 54.1 Å². The van der Waals surface area contributed by atoms with Gasteiger partial charge in [0.2, 0.25) is 11.8 Å². The highest BCUT2D eigenvalue weighted by Gasteiger charge is 2.17. The second-order valence-corrected chi connectivity index (χ2v) is 7.27. The second-order valence-electron chi connectivity index (χ2n) is 6.83. The molecule has 0 aromatic heterocycles. The maximum atomic E-state index is 12.6. The lowest BCUT2D eigenvalue weighted by atomic mass is 10.0. The number of anilines is 1. The molecule has 6 nitrogen and oxygen atoms in total. The number of amides is 2. The first kappa shape index (κ1) is 22.2. The Balaban J connectivity index is 1.63. The third-order valence-corrected chi connectivity index (χ3v) is 4.73. The van der Waals surface area contributed by atoms with Crippen LogP contribution in [0.3, 0.4) is 0 Å². The molecule has 0 aliphatic rings. The number of hydrogen-bond acceptors (Lipinski definition) is 4. The van der Waals surface area contributed by atoms with Crippen molar-refractivity contribution in [1.29, 1.82) is 0 Å². The molecule has 0 radical (unpaired) electrons. The SMILES string of the molecule is COc1ccccc1Oc1ccc(NC(=O)CC(NC(C)=O)c2ccc(Cl)cc2)cc1. The van der Waals surface area contributed by atoms with Crippen LogP contribution in [0.4, 0.5) is 5.69 Å². The van der Waals surface area contributed by atoms with E-state index in [4.69, 9.17) is 21.1 Å². The smallest absolute Gasteiger partial charge is 0.226 e. The number of carbonyl (C=O) groups is 2. The molecule has 0 heterocycles. The minimum Gasteiger partial charge on any atom is -0.493 e. The Morgan fingerprint density at radius 2 is 1.58 bits per heavy atom. The minimum absolute atomic E-state index is 0.0840. The number of nitrogens with one attached hydrogen (secondary N) is 2. The molecule has 2 amide bonds. The molecule has 7 heteroatoms. The fraction of sp³-hybridized carbons (Fsp3) is 0.167. The van der Waals surface area contributed by atoms with E-state index in [1.54, 1.807) is 55.6 Å². The number of methoxy groups -OCH3 is 1. The Morgan fingerprint density at radius 1 is 0.935 bits per heavy atom. The summed E-state index contributed by atoms with van der Waals surface area (Å²) >= 11 is 5.93. The zero-order valence-electron chi connectivity index (χ0n) is 17.2. The van der Waals surface area contributed by atoms with E-state index in [-0.39, 0.29) is 18.2 Å². The van der Waals surface area contributed by atoms with Gasteiger partial charge in [0.15, 0.2) is 11.5 Å². The maximum Gasteiger partial charge on any atom is 0.226 e. The van der Waals surface area contributed by atoms with Gasteiger partial charge in [-0.1, -0.05) is 35.9 Å². The Morgan fingerprint density at radius 3 is 2.19 bits per heavy atom. The van der Waals surface area contributed by atoms with Gasteiger partial charge in [-0.3, -0.25) is 9.59 Å². The van der Waals surface area contributed by atoms with E-state index in [0.717, 1.165) is 5.56 Å². The van der Waals surface area contributed by atoms with Crippen molar-refractivity contribution >= 4 is 29.1 Å². The predicted octanol–water partition coefficient (Wildman–Crippen LogP) is 5.35. The summed E-state index contributed by atoms with van der Waals surface area (Å²) in [6.07, 6.45) is 0.0840. The van der Waals surface area contributed by atoms with Gasteiger partial charge in [0.05, 0.1) is 19.6 Å². The molecule has 0 fully saturated rings. The van der Waals surface area contributed by atoms with Crippen molar-refractivity contribution < 1.29 is 19.1 Å². The topological polar surface area (TPSA) is 76.7 Å². The average Bonchev–Trinajstić information content (AvgIpc) is 2.75. The van der Waals surface area contributed by atoms with E-state index in [9.17, 15) is 9.59 Å². The number of halogens is 1. The van der Waals surface area contributed by atoms with E-state index in [1.165, 1.54) is 6.92 Å². The number of benzene rings is 3. The summed E-state index contributed by atoms with van der Waals surface area (Å²) in [6.45, 7) is 1.42. The number of hydrogen-bond donors (Lipinski definition) is 2. The van der Waals surface area contributed by atoms with Crippen molar-refractivity contribution in [2.75, 3.05) is 12.4 Å². The fourth-order valence-electron chi connectivity index (χ4n) is 3.03. The molecule has 3 aromatic carbocycles. The van der Waals surface area contributed by atoms with E-state index in [0.29, 0.717) is 28.0 Å². The van der Waals surface area contributed by atoms with Crippen LogP contribution in [0, 0.1) is 0 Å². The van der Waals surface area contributed by atoms with Crippen LogP contribution in [0.25, 0.3) is 0 Å². The third-order valence-electron chi connectivity index (χ3n) is 4.47. The Bertz CT molecular complexity index is 1040. The van der Waals surface area contributed by atoms with Crippen molar-refractivity contribution in [2.24, 2.45) is 0 Å². The summed E-state index contributed by atoms with van der Waals surface area (Å²) in [5.41, 5.74) is 1.42. The van der Waals surface area contributed by atoms with Crippen molar-refractivity contribution in [3.8, 4) is 17.2 Å². The third kappa shape index (κ3) is 6.49. The second kappa shape index (κ2) is 10.5. The summed E-state index contributed by atoms with van der Waals surface area (Å²) < 4.78 is 11.1. The van der Waals surface area contributed by atoms with Gasteiger partial charge >= 0.3 is 0 Å². The summed E-state index contributed by atoms with van der Waals surface area (Å²) in [5.74, 6) is 1.39. The fourth-order valence-corrected chi connectivity index (χ4v) is 3.15. The molecule has 160 valence electrons. The molecule has 1 unspecified atom stereocenters. The summed E-state index contributed by atoms with van der Waals surface area (Å²) in [5, 5.41) is 6.24. The molecule has 0 aliphatic carbocycles. The molecule has 0 spiro atoms. The Hall–Kier alpha value is -3.51. The molecular formula is C24H23ClN2O4. The monoisotopic (exact) mass is 438 g/mol. The van der Waals surface area contributed by atoms with Crippen LogP contribution >= 0.6 is 11.6 Å². The lowest BCUT2D eigenvalue weighted by molar-refractivity contribution is -0.120. The standard InChI is InChI=1S/C24H23ClN2O4/c1-16(28)26-21(17-7-9-18(25)10-8-17)15-24(29)27-19-11-13-20(14-12-19)31-23-6-4-3-5-22(23)30-2/h3-14,21H,15H2,1-2H3,(H,26,28)(H,27,29). The molecule has 0 bridgehead atoms. The van der Waals surface area contributed by atoms with E-state index in [1.807, 2.05) is 24.3 Å². The first-order valence-electron chi connectivity index (χ1n) is 9.68. The summed E-state index contributed by atoms with van der Waals surface area (Å²) in [7, 11) is 1.58. The zero-order valence-corrected chi connectivity index (χ0v) is 18.0. The van der Waals surface area contributed by atoms with Crippen molar-refractivity contribution in [3.63, 3.8) is 0 Å². The number of carbonyl (C=O) groups excluding carboxylic acids is 2. The van der Waals surface area contributed by atoms with Gasteiger partial charge in [0, 0.05) is 17.6 Å². The van der Waals surface area contributed by atoms with Gasteiger partial charge in [-0.15, -0.1) is 0 Å². The summed E-state index contributed by atoms with van der Waals surface area (Å²) in [6, 6.07) is 20.9. The molecular weight excluding hydrogens is 416 g/mol. The van der Waals surface area contributed by atoms with Crippen molar-refractivity contribution in [1.82, 2.24) is 5.32 Å². The number of ether oxygens (including phenoxy) is 2. The van der Waals surface area contributed by atoms with Gasteiger partial charge in [0.25, 0.3) is 0 Å². The largest absolute Gasteiger partial charge is 0.493 e. The Labute approximate surface area is 186 Å². The quantitative estimate of drug-likeness (QED) is 0.497. The Kier molecular flexibility index (Phi) is 7.51. The van der Waals surface area contributed by atoms with E-state index >= 15 is 0 Å². The summed E-state index contributed by atoms with van der Waals surface area (Å²) in [4.78, 5) is 24.1. The van der Waals surface area contributed by atoms with Gasteiger partial charge in [-0.25, -0.2) is 0 Å². The minimum atomic E-state index is -0.456. The maximum absolute atomic E-state index is 12.6. The van der Waals surface area contributed by atoms with Gasteiger partial charge < -0.3 is 20.1 Å². The zero-order chi connectivity index (χ0) is 22.2. The average molecular weight is 439 g/mol. The van der Waals surface area contributed by atoms with Crippen LogP contribution in [0.2, 0.25) is 5.02 Å². The molecule has 3 rings (SSSR count). The first-order valence-corrected chi connectivity index (χ1v) is 10.1. The molecule has 3 aromatic rings. The first-order chi connectivity index (χ1) is 14.9. The lowest BCUT2D eigenvalue weighted by Gasteiger charge is -2.18. The molecule has 2 N–H and O–H groups in total. The van der Waals surface area contributed by atoms with Crippen LogP contribution in [0.5, 0.6) is 17.2 Å². The van der Waals surface area contributed by atoms with Gasteiger partial charge in [-0.2, -0.15) is 0 Å². The van der Waals surface area contributed by atoms with E-state index in [2.05, 4.69) is 10.6 Å². The highest BCUT2D eigenvalue weighted by Crippen LogP contribution is 2.31. The molecule has 0 saturated carbocycles. The number of para-hydroxylation sites is 2. The van der Waals surface area contributed by atoms with Crippen LogP contribution in [-0.4, -0.2) is 18.9 Å². The van der Waals surface area contributed by atoms with Crippen LogP contribution in [-0.2, 0) is 9.59 Å². The van der Waals surface area contributed by atoms with Crippen LogP contribution < -0.4 is 20.1 Å². The normalized spacial score (nSPS) is 11.3. The van der Waals surface area contributed by atoms with Crippen LogP contribution in [0.15, 0.2) is 72.8 Å². The highest BCUT2D eigenvalue weighted by molar-refractivity contribution is 6.30. The lowest BCUT2D eigenvalue weighted by Crippen LogP contribution is -2.29. The molecule has 31 heavy (non-hydrogen) atoms. The van der Waals surface area contributed by atoms with Gasteiger partial charge in [0.1, 0.15) is 5.75 Å². The van der Waals surface area contributed by atoms with E-state index < -0.39 is 6.04 Å². The van der Waals surface area contributed by atoms with Crippen molar-refractivity contribution in [2.45, 2.75) is 19.4 Å². The molecule has 0 saturated heterocycles. The number of rotatable bonds is 8. The van der Waals surface area contributed by atoms with Crippen molar-refractivity contribution in [3.05, 3.63) is 83.4 Å².